The van der Waals surface area contributed by atoms with Crippen molar-refractivity contribution in [2.24, 2.45) is 5.92 Å². The number of amides is 2. The minimum atomic E-state index is -1.10. The Bertz CT molecular complexity index is 659. The van der Waals surface area contributed by atoms with E-state index in [2.05, 4.69) is 0 Å². The largest absolute Gasteiger partial charge is 0.478 e. The summed E-state index contributed by atoms with van der Waals surface area (Å²) in [6, 6.07) is 6.27. The summed E-state index contributed by atoms with van der Waals surface area (Å²) in [6.45, 7) is 1.95. The maximum absolute atomic E-state index is 12.7. The first kappa shape index (κ1) is 17.5. The Balaban J connectivity index is 1.61. The topological polar surface area (TPSA) is 77.9 Å². The number of carbonyl (C=O) groups is 3. The van der Waals surface area contributed by atoms with Crippen LogP contribution in [0.2, 0.25) is 0 Å². The number of hydrogen-bond donors (Lipinski definition) is 1. The van der Waals surface area contributed by atoms with Gasteiger partial charge in [-0.15, -0.1) is 0 Å². The molecule has 1 aliphatic carbocycles. The predicted molar refractivity (Wildman–Crippen MR) is 92.5 cm³/mol. The Hall–Kier alpha value is -2.37. The number of benzene rings is 1. The molecule has 3 rings (SSSR count). The Morgan fingerprint density at radius 2 is 1.40 bits per heavy atom. The van der Waals surface area contributed by atoms with Gasteiger partial charge in [0.2, 0.25) is 5.91 Å². The van der Waals surface area contributed by atoms with Crippen LogP contribution in [0.5, 0.6) is 0 Å². The molecule has 2 fully saturated rings. The first-order valence-electron chi connectivity index (χ1n) is 8.98. The van der Waals surface area contributed by atoms with Crippen molar-refractivity contribution in [2.45, 2.75) is 32.1 Å². The number of hydrogen-bond acceptors (Lipinski definition) is 3. The van der Waals surface area contributed by atoms with Gasteiger partial charge in [0.05, 0.1) is 11.1 Å². The van der Waals surface area contributed by atoms with E-state index in [1.807, 2.05) is 4.90 Å². The molecule has 0 aromatic heterocycles. The van der Waals surface area contributed by atoms with Crippen LogP contribution in [0, 0.1) is 5.92 Å². The summed E-state index contributed by atoms with van der Waals surface area (Å²) in [5.41, 5.74) is 0.232. The van der Waals surface area contributed by atoms with Crippen LogP contribution < -0.4 is 0 Å². The van der Waals surface area contributed by atoms with Crippen LogP contribution in [0.3, 0.4) is 0 Å². The molecule has 1 heterocycles. The average Bonchev–Trinajstić information content (AvgIpc) is 2.67. The molecule has 1 aliphatic heterocycles. The molecule has 1 aromatic rings. The van der Waals surface area contributed by atoms with E-state index in [1.54, 1.807) is 23.1 Å². The molecule has 1 saturated heterocycles. The number of piperazine rings is 1. The molecule has 0 unspecified atom stereocenters. The second kappa shape index (κ2) is 7.68. The molecule has 2 amide bonds. The Morgan fingerprint density at radius 1 is 0.840 bits per heavy atom. The average molecular weight is 344 g/mol. The third kappa shape index (κ3) is 3.83. The van der Waals surface area contributed by atoms with Gasteiger partial charge in [0.15, 0.2) is 0 Å². The Morgan fingerprint density at radius 3 is 2.00 bits per heavy atom. The standard InChI is InChI=1S/C19H24N2O4/c22-17(14-6-2-1-3-7-14)20-10-12-21(13-11-20)18(23)15-8-4-5-9-16(15)19(24)25/h4-5,8-9,14H,1-3,6-7,10-13H2,(H,24,25). The van der Waals surface area contributed by atoms with Crippen molar-refractivity contribution in [3.63, 3.8) is 0 Å². The molecular formula is C19H24N2O4. The molecule has 0 bridgehead atoms. The number of carboxylic acids is 1. The summed E-state index contributed by atoms with van der Waals surface area (Å²) in [7, 11) is 0. The van der Waals surface area contributed by atoms with Gasteiger partial charge in [-0.25, -0.2) is 4.79 Å². The second-order valence-corrected chi connectivity index (χ2v) is 6.80. The van der Waals surface area contributed by atoms with E-state index in [4.69, 9.17) is 0 Å². The summed E-state index contributed by atoms with van der Waals surface area (Å²) in [5, 5.41) is 9.25. The number of carbonyl (C=O) groups excluding carboxylic acids is 2. The fourth-order valence-corrected chi connectivity index (χ4v) is 3.76. The highest BCUT2D eigenvalue weighted by Crippen LogP contribution is 2.26. The van der Waals surface area contributed by atoms with Gasteiger partial charge in [0, 0.05) is 32.1 Å². The van der Waals surface area contributed by atoms with E-state index in [0.29, 0.717) is 26.2 Å². The van der Waals surface area contributed by atoms with E-state index < -0.39 is 5.97 Å². The zero-order valence-corrected chi connectivity index (χ0v) is 14.3. The van der Waals surface area contributed by atoms with Crippen LogP contribution in [0.1, 0.15) is 52.8 Å². The third-order valence-corrected chi connectivity index (χ3v) is 5.22. The van der Waals surface area contributed by atoms with Crippen LogP contribution >= 0.6 is 0 Å². The van der Waals surface area contributed by atoms with Crippen molar-refractivity contribution in [1.29, 1.82) is 0 Å². The van der Waals surface area contributed by atoms with Crippen molar-refractivity contribution in [3.05, 3.63) is 35.4 Å². The monoisotopic (exact) mass is 344 g/mol. The van der Waals surface area contributed by atoms with Gasteiger partial charge >= 0.3 is 5.97 Å². The summed E-state index contributed by atoms with van der Waals surface area (Å²) < 4.78 is 0. The molecule has 0 spiro atoms. The lowest BCUT2D eigenvalue weighted by atomic mass is 9.88. The molecule has 0 radical (unpaired) electrons. The van der Waals surface area contributed by atoms with Gasteiger partial charge in [-0.2, -0.15) is 0 Å². The van der Waals surface area contributed by atoms with Crippen LogP contribution in [0.25, 0.3) is 0 Å². The lowest BCUT2D eigenvalue weighted by molar-refractivity contribution is -0.138. The van der Waals surface area contributed by atoms with Gasteiger partial charge < -0.3 is 14.9 Å². The predicted octanol–water partition coefficient (Wildman–Crippen LogP) is 2.25. The van der Waals surface area contributed by atoms with Gasteiger partial charge in [0.25, 0.3) is 5.91 Å². The Labute approximate surface area is 147 Å². The van der Waals surface area contributed by atoms with E-state index in [-0.39, 0.29) is 28.9 Å². The molecule has 25 heavy (non-hydrogen) atoms. The number of rotatable bonds is 3. The highest BCUT2D eigenvalue weighted by Gasteiger charge is 2.30. The van der Waals surface area contributed by atoms with Crippen molar-refractivity contribution in [3.8, 4) is 0 Å². The van der Waals surface area contributed by atoms with E-state index >= 15 is 0 Å². The fraction of sp³-hybridized carbons (Fsp3) is 0.526. The van der Waals surface area contributed by atoms with Gasteiger partial charge in [-0.3, -0.25) is 9.59 Å². The highest BCUT2D eigenvalue weighted by molar-refractivity contribution is 6.04. The number of aromatic carboxylic acids is 1. The SMILES string of the molecule is O=C(O)c1ccccc1C(=O)N1CCN(C(=O)C2CCCCC2)CC1. The number of carboxylic acid groups (broad SMARTS) is 1. The number of nitrogens with zero attached hydrogens (tertiary/aromatic N) is 2. The van der Waals surface area contributed by atoms with E-state index in [0.717, 1.165) is 25.7 Å². The molecule has 6 heteroatoms. The van der Waals surface area contributed by atoms with Crippen molar-refractivity contribution in [2.75, 3.05) is 26.2 Å². The van der Waals surface area contributed by atoms with E-state index in [1.165, 1.54) is 12.5 Å². The summed E-state index contributed by atoms with van der Waals surface area (Å²) in [4.78, 5) is 40.1. The Kier molecular flexibility index (Phi) is 5.36. The maximum Gasteiger partial charge on any atom is 0.336 e. The third-order valence-electron chi connectivity index (χ3n) is 5.22. The first-order chi connectivity index (χ1) is 12.1. The minimum absolute atomic E-state index is 0.0215. The lowest BCUT2D eigenvalue weighted by Gasteiger charge is -2.37. The summed E-state index contributed by atoms with van der Waals surface area (Å²) in [5.74, 6) is -1.01. The molecule has 134 valence electrons. The zero-order valence-electron chi connectivity index (χ0n) is 14.3. The minimum Gasteiger partial charge on any atom is -0.478 e. The molecular weight excluding hydrogens is 320 g/mol. The quantitative estimate of drug-likeness (QED) is 0.912. The normalized spacial score (nSPS) is 18.9. The van der Waals surface area contributed by atoms with Crippen molar-refractivity contribution < 1.29 is 19.5 Å². The lowest BCUT2D eigenvalue weighted by Crippen LogP contribution is -2.52. The van der Waals surface area contributed by atoms with Crippen LogP contribution in [0.15, 0.2) is 24.3 Å². The molecule has 0 atom stereocenters. The van der Waals surface area contributed by atoms with Crippen molar-refractivity contribution in [1.82, 2.24) is 9.80 Å². The molecule has 2 aliphatic rings. The molecule has 6 nitrogen and oxygen atoms in total. The smallest absolute Gasteiger partial charge is 0.336 e. The van der Waals surface area contributed by atoms with Crippen LogP contribution in [0.4, 0.5) is 0 Å². The van der Waals surface area contributed by atoms with Crippen LogP contribution in [-0.2, 0) is 4.79 Å². The summed E-state index contributed by atoms with van der Waals surface area (Å²) >= 11 is 0. The highest BCUT2D eigenvalue weighted by atomic mass is 16.4. The first-order valence-corrected chi connectivity index (χ1v) is 8.98. The van der Waals surface area contributed by atoms with Gasteiger partial charge in [0.1, 0.15) is 0 Å². The zero-order chi connectivity index (χ0) is 17.8. The molecule has 1 N–H and O–H groups in total. The van der Waals surface area contributed by atoms with Crippen molar-refractivity contribution >= 4 is 17.8 Å². The maximum atomic E-state index is 12.7. The fourth-order valence-electron chi connectivity index (χ4n) is 3.76. The molecule has 1 aromatic carbocycles. The summed E-state index contributed by atoms with van der Waals surface area (Å²) in [6.07, 6.45) is 5.42. The molecule has 1 saturated carbocycles. The van der Waals surface area contributed by atoms with E-state index in [9.17, 15) is 19.5 Å². The van der Waals surface area contributed by atoms with Gasteiger partial charge in [-0.1, -0.05) is 31.4 Å². The van der Waals surface area contributed by atoms with Gasteiger partial charge in [-0.05, 0) is 25.0 Å². The second-order valence-electron chi connectivity index (χ2n) is 6.80. The van der Waals surface area contributed by atoms with Crippen LogP contribution in [-0.4, -0.2) is 58.9 Å².